The van der Waals surface area contributed by atoms with E-state index in [0.29, 0.717) is 36.7 Å². The van der Waals surface area contributed by atoms with E-state index in [9.17, 15) is 14.4 Å². The standard InChI is InChI=1S/C24H29ClN4O4/c1-16-13-20(10-11-21(16)25)33-15-17-6-8-18(9-7-17)22(30)26-27-23(31)19-5-4-12-29(14-19)24(32)28(2)3/h6-11,13,19H,4-5,12,14-15H2,1-3H3,(H,26,30)(H,27,31)/t19-/m1/s1. The number of nitrogens with zero attached hydrogens (tertiary/aromatic N) is 2. The molecule has 2 N–H and O–H groups in total. The molecule has 8 nitrogen and oxygen atoms in total. The lowest BCUT2D eigenvalue weighted by molar-refractivity contribution is -0.127. The molecule has 0 aliphatic carbocycles. The van der Waals surface area contributed by atoms with Crippen LogP contribution >= 0.6 is 11.6 Å². The fourth-order valence-electron chi connectivity index (χ4n) is 3.57. The van der Waals surface area contributed by atoms with Crippen LogP contribution in [-0.2, 0) is 11.4 Å². The number of carbonyl (C=O) groups excluding carboxylic acids is 3. The summed E-state index contributed by atoms with van der Waals surface area (Å²) < 4.78 is 5.77. The average molecular weight is 473 g/mol. The number of amides is 4. The SMILES string of the molecule is Cc1cc(OCc2ccc(C(=O)NNC(=O)[C@@H]3CCCN(C(=O)N(C)C)C3)cc2)ccc1Cl. The molecule has 0 unspecified atom stereocenters. The van der Waals surface area contributed by atoms with Crippen molar-refractivity contribution in [3.8, 4) is 5.75 Å². The van der Waals surface area contributed by atoms with Crippen molar-refractivity contribution >= 4 is 29.4 Å². The molecule has 0 bridgehead atoms. The quantitative estimate of drug-likeness (QED) is 0.652. The van der Waals surface area contributed by atoms with Gasteiger partial charge < -0.3 is 14.5 Å². The Hall–Kier alpha value is -3.26. The molecule has 1 aliphatic rings. The van der Waals surface area contributed by atoms with Gasteiger partial charge in [-0.05, 0) is 61.2 Å². The Morgan fingerprint density at radius 3 is 2.52 bits per heavy atom. The molecule has 33 heavy (non-hydrogen) atoms. The molecule has 1 atom stereocenters. The predicted molar refractivity (Wildman–Crippen MR) is 126 cm³/mol. The number of likely N-dealkylation sites (tertiary alicyclic amines) is 1. The topological polar surface area (TPSA) is 91.0 Å². The van der Waals surface area contributed by atoms with Crippen LogP contribution in [0.2, 0.25) is 5.02 Å². The van der Waals surface area contributed by atoms with Gasteiger partial charge in [-0.15, -0.1) is 0 Å². The van der Waals surface area contributed by atoms with Crippen LogP contribution in [0.4, 0.5) is 4.79 Å². The highest BCUT2D eigenvalue weighted by Gasteiger charge is 2.29. The summed E-state index contributed by atoms with van der Waals surface area (Å²) in [5.41, 5.74) is 7.19. The van der Waals surface area contributed by atoms with E-state index in [4.69, 9.17) is 16.3 Å². The van der Waals surface area contributed by atoms with Crippen LogP contribution < -0.4 is 15.6 Å². The summed E-state index contributed by atoms with van der Waals surface area (Å²) in [6, 6.07) is 12.3. The molecule has 9 heteroatoms. The van der Waals surface area contributed by atoms with Crippen LogP contribution in [0.25, 0.3) is 0 Å². The third-order valence-corrected chi connectivity index (χ3v) is 5.92. The summed E-state index contributed by atoms with van der Waals surface area (Å²) in [7, 11) is 3.37. The highest BCUT2D eigenvalue weighted by molar-refractivity contribution is 6.31. The van der Waals surface area contributed by atoms with Gasteiger partial charge in [0.15, 0.2) is 0 Å². The number of ether oxygens (including phenoxy) is 1. The number of halogens is 1. The molecule has 2 aromatic carbocycles. The van der Waals surface area contributed by atoms with Gasteiger partial charge in [-0.3, -0.25) is 20.4 Å². The van der Waals surface area contributed by atoms with Gasteiger partial charge in [0.2, 0.25) is 5.91 Å². The van der Waals surface area contributed by atoms with Crippen molar-refractivity contribution in [2.24, 2.45) is 5.92 Å². The number of carbonyl (C=O) groups is 3. The molecule has 176 valence electrons. The van der Waals surface area contributed by atoms with E-state index >= 15 is 0 Å². The van der Waals surface area contributed by atoms with Crippen molar-refractivity contribution in [2.45, 2.75) is 26.4 Å². The lowest BCUT2D eigenvalue weighted by Gasteiger charge is -2.33. The maximum atomic E-state index is 12.5. The molecule has 0 radical (unpaired) electrons. The second-order valence-electron chi connectivity index (χ2n) is 8.30. The number of nitrogens with one attached hydrogen (secondary N) is 2. The Balaban J connectivity index is 1.47. The molecule has 4 amide bonds. The smallest absolute Gasteiger partial charge is 0.319 e. The average Bonchev–Trinajstić information content (AvgIpc) is 2.82. The third kappa shape index (κ3) is 6.61. The summed E-state index contributed by atoms with van der Waals surface area (Å²) in [6.45, 7) is 3.22. The molecule has 1 heterocycles. The number of aryl methyl sites for hydroxylation is 1. The van der Waals surface area contributed by atoms with Crippen molar-refractivity contribution in [3.05, 3.63) is 64.2 Å². The molecule has 0 spiro atoms. The van der Waals surface area contributed by atoms with Crippen LogP contribution in [0.5, 0.6) is 5.75 Å². The van der Waals surface area contributed by atoms with E-state index in [1.807, 2.05) is 19.1 Å². The largest absolute Gasteiger partial charge is 0.489 e. The van der Waals surface area contributed by atoms with Gasteiger partial charge in [0.05, 0.1) is 5.92 Å². The van der Waals surface area contributed by atoms with Crippen molar-refractivity contribution in [2.75, 3.05) is 27.2 Å². The van der Waals surface area contributed by atoms with Gasteiger partial charge >= 0.3 is 6.03 Å². The van der Waals surface area contributed by atoms with Crippen LogP contribution in [0.3, 0.4) is 0 Å². The minimum Gasteiger partial charge on any atom is -0.489 e. The first-order chi connectivity index (χ1) is 15.7. The first-order valence-electron chi connectivity index (χ1n) is 10.8. The number of urea groups is 1. The van der Waals surface area contributed by atoms with Crippen molar-refractivity contribution in [1.29, 1.82) is 0 Å². The van der Waals surface area contributed by atoms with Crippen molar-refractivity contribution in [1.82, 2.24) is 20.7 Å². The molecule has 2 aromatic rings. The molecule has 3 rings (SSSR count). The second kappa shape index (κ2) is 11.0. The first kappa shape index (κ1) is 24.4. The molecular formula is C24H29ClN4O4. The number of rotatable bonds is 5. The minimum absolute atomic E-state index is 0.119. The number of piperidine rings is 1. The highest BCUT2D eigenvalue weighted by Crippen LogP contribution is 2.22. The van der Waals surface area contributed by atoms with Crippen LogP contribution in [0.1, 0.15) is 34.3 Å². The van der Waals surface area contributed by atoms with E-state index < -0.39 is 5.91 Å². The van der Waals surface area contributed by atoms with Gasteiger partial charge in [-0.1, -0.05) is 23.7 Å². The second-order valence-corrected chi connectivity index (χ2v) is 8.71. The van der Waals surface area contributed by atoms with E-state index in [1.54, 1.807) is 49.3 Å². The maximum Gasteiger partial charge on any atom is 0.319 e. The summed E-state index contributed by atoms with van der Waals surface area (Å²) in [6.07, 6.45) is 1.41. The van der Waals surface area contributed by atoms with Crippen LogP contribution in [0, 0.1) is 12.8 Å². The summed E-state index contributed by atoms with van der Waals surface area (Å²) in [5.74, 6) is -0.363. The fraction of sp³-hybridized carbons (Fsp3) is 0.375. The number of hydrogen-bond acceptors (Lipinski definition) is 4. The van der Waals surface area contributed by atoms with E-state index in [2.05, 4.69) is 10.9 Å². The Kier molecular flexibility index (Phi) is 8.16. The van der Waals surface area contributed by atoms with Gasteiger partial charge in [0, 0.05) is 37.8 Å². The Morgan fingerprint density at radius 1 is 1.12 bits per heavy atom. The van der Waals surface area contributed by atoms with Gasteiger partial charge in [-0.2, -0.15) is 0 Å². The minimum atomic E-state index is -0.416. The predicted octanol–water partition coefficient (Wildman–Crippen LogP) is 3.38. The zero-order valence-corrected chi connectivity index (χ0v) is 19.8. The molecular weight excluding hydrogens is 444 g/mol. The molecule has 1 fully saturated rings. The lowest BCUT2D eigenvalue weighted by Crippen LogP contribution is -2.51. The molecule has 1 saturated heterocycles. The molecule has 0 aromatic heterocycles. The van der Waals surface area contributed by atoms with Crippen LogP contribution in [-0.4, -0.2) is 54.8 Å². The lowest BCUT2D eigenvalue weighted by atomic mass is 9.97. The zero-order valence-electron chi connectivity index (χ0n) is 19.1. The van der Waals surface area contributed by atoms with E-state index in [-0.39, 0.29) is 17.9 Å². The maximum absolute atomic E-state index is 12.5. The first-order valence-corrected chi connectivity index (χ1v) is 11.2. The Bertz CT molecular complexity index is 1010. The van der Waals surface area contributed by atoms with E-state index in [1.165, 1.54) is 4.90 Å². The summed E-state index contributed by atoms with van der Waals surface area (Å²) in [4.78, 5) is 40.2. The number of hydrogen-bond donors (Lipinski definition) is 2. The zero-order chi connectivity index (χ0) is 24.0. The fourth-order valence-corrected chi connectivity index (χ4v) is 3.68. The van der Waals surface area contributed by atoms with Crippen LogP contribution in [0.15, 0.2) is 42.5 Å². The monoisotopic (exact) mass is 472 g/mol. The normalized spacial score (nSPS) is 15.5. The summed E-state index contributed by atoms with van der Waals surface area (Å²) >= 11 is 6.03. The van der Waals surface area contributed by atoms with Crippen molar-refractivity contribution in [3.63, 3.8) is 0 Å². The van der Waals surface area contributed by atoms with Gasteiger partial charge in [0.25, 0.3) is 5.91 Å². The highest BCUT2D eigenvalue weighted by atomic mass is 35.5. The third-order valence-electron chi connectivity index (χ3n) is 5.50. The number of benzene rings is 2. The molecule has 0 saturated carbocycles. The Morgan fingerprint density at radius 2 is 1.85 bits per heavy atom. The summed E-state index contributed by atoms with van der Waals surface area (Å²) in [5, 5.41) is 0.688. The molecule has 1 aliphatic heterocycles. The van der Waals surface area contributed by atoms with E-state index in [0.717, 1.165) is 23.3 Å². The number of hydrazine groups is 1. The Labute approximate surface area is 198 Å². The van der Waals surface area contributed by atoms with Gasteiger partial charge in [-0.25, -0.2) is 4.79 Å². The van der Waals surface area contributed by atoms with Gasteiger partial charge in [0.1, 0.15) is 12.4 Å². The van der Waals surface area contributed by atoms with Crippen molar-refractivity contribution < 1.29 is 19.1 Å².